The summed E-state index contributed by atoms with van der Waals surface area (Å²) in [7, 11) is 0. The van der Waals surface area contributed by atoms with E-state index in [-0.39, 0.29) is 28.7 Å². The van der Waals surface area contributed by atoms with E-state index >= 15 is 0 Å². The molecule has 1 N–H and O–H groups in total. The molecule has 0 aromatic carbocycles. The highest BCUT2D eigenvalue weighted by molar-refractivity contribution is 6.35. The van der Waals surface area contributed by atoms with Crippen molar-refractivity contribution in [2.75, 3.05) is 0 Å². The summed E-state index contributed by atoms with van der Waals surface area (Å²) in [5.74, 6) is -0.560. The van der Waals surface area contributed by atoms with Gasteiger partial charge in [0.15, 0.2) is 22.1 Å². The van der Waals surface area contributed by atoms with E-state index < -0.39 is 11.9 Å². The van der Waals surface area contributed by atoms with E-state index in [0.29, 0.717) is 17.6 Å². The number of hydrogen-bond donors (Lipinski definition) is 1. The second-order valence-electron chi connectivity index (χ2n) is 6.64. The molecule has 8 nitrogen and oxygen atoms in total. The van der Waals surface area contributed by atoms with Gasteiger partial charge in [-0.15, -0.1) is 5.10 Å². The van der Waals surface area contributed by atoms with Crippen LogP contribution in [0, 0.1) is 0 Å². The van der Waals surface area contributed by atoms with Gasteiger partial charge in [0, 0.05) is 19.3 Å². The zero-order chi connectivity index (χ0) is 16.5. The summed E-state index contributed by atoms with van der Waals surface area (Å²) >= 11 is 12.0. The number of aliphatic hydroxyl groups excluding tert-OH is 1. The van der Waals surface area contributed by atoms with Crippen LogP contribution >= 0.6 is 23.2 Å². The molecule has 2 aromatic heterocycles. The largest absolute Gasteiger partial charge is 0.390 e. The summed E-state index contributed by atoms with van der Waals surface area (Å²) < 4.78 is 14.0. The predicted molar refractivity (Wildman–Crippen MR) is 83.7 cm³/mol. The number of nitrogens with zero attached hydrogens (tertiary/aromatic N) is 5. The van der Waals surface area contributed by atoms with Crippen molar-refractivity contribution in [1.29, 1.82) is 0 Å². The first-order chi connectivity index (χ1) is 11.6. The van der Waals surface area contributed by atoms with Crippen LogP contribution in [-0.2, 0) is 9.47 Å². The van der Waals surface area contributed by atoms with Crippen LogP contribution in [0.25, 0.3) is 11.2 Å². The summed E-state index contributed by atoms with van der Waals surface area (Å²) in [4.78, 5) is 8.08. The zero-order valence-corrected chi connectivity index (χ0v) is 14.1. The average molecular weight is 372 g/mol. The molecule has 3 aliphatic rings. The first-order valence-corrected chi connectivity index (χ1v) is 8.80. The third-order valence-electron chi connectivity index (χ3n) is 5.20. The van der Waals surface area contributed by atoms with Crippen molar-refractivity contribution in [3.63, 3.8) is 0 Å². The van der Waals surface area contributed by atoms with E-state index in [1.54, 1.807) is 4.68 Å². The molecule has 3 fully saturated rings. The molecule has 0 amide bonds. The van der Waals surface area contributed by atoms with Crippen LogP contribution in [0.3, 0.4) is 0 Å². The molecule has 1 spiro atoms. The zero-order valence-electron chi connectivity index (χ0n) is 12.6. The van der Waals surface area contributed by atoms with Crippen molar-refractivity contribution in [2.24, 2.45) is 0 Å². The van der Waals surface area contributed by atoms with Crippen LogP contribution in [0.5, 0.6) is 0 Å². The fourth-order valence-electron chi connectivity index (χ4n) is 4.15. The van der Waals surface area contributed by atoms with Crippen LogP contribution in [0.2, 0.25) is 10.4 Å². The predicted octanol–water partition coefficient (Wildman–Crippen LogP) is 1.89. The molecule has 2 aliphatic carbocycles. The maximum atomic E-state index is 10.4. The van der Waals surface area contributed by atoms with E-state index in [1.807, 2.05) is 0 Å². The van der Waals surface area contributed by atoms with E-state index in [1.165, 1.54) is 0 Å². The second-order valence-corrected chi connectivity index (χ2v) is 7.34. The molecule has 1 saturated heterocycles. The first kappa shape index (κ1) is 15.2. The molecule has 0 radical (unpaired) electrons. The van der Waals surface area contributed by atoms with E-state index in [4.69, 9.17) is 32.7 Å². The topological polar surface area (TPSA) is 95.2 Å². The number of ether oxygens (including phenoxy) is 2. The van der Waals surface area contributed by atoms with Gasteiger partial charge in [-0.3, -0.25) is 0 Å². The highest BCUT2D eigenvalue weighted by Crippen LogP contribution is 2.50. The molecule has 5 rings (SSSR count). The highest BCUT2D eigenvalue weighted by Gasteiger charge is 2.58. The lowest BCUT2D eigenvalue weighted by atomic mass is 10.2. The van der Waals surface area contributed by atoms with Crippen molar-refractivity contribution in [1.82, 2.24) is 25.0 Å². The Morgan fingerprint density at radius 1 is 1.12 bits per heavy atom. The van der Waals surface area contributed by atoms with Crippen molar-refractivity contribution in [3.05, 3.63) is 10.4 Å². The van der Waals surface area contributed by atoms with Gasteiger partial charge in [0.25, 0.3) is 0 Å². The highest BCUT2D eigenvalue weighted by atomic mass is 35.5. The van der Waals surface area contributed by atoms with Gasteiger partial charge in [-0.25, -0.2) is 9.67 Å². The lowest BCUT2D eigenvalue weighted by Crippen LogP contribution is -2.31. The Hall–Kier alpha value is -1.06. The first-order valence-electron chi connectivity index (χ1n) is 8.04. The fourth-order valence-corrected chi connectivity index (χ4v) is 4.56. The third-order valence-corrected chi connectivity index (χ3v) is 5.63. The number of halogens is 2. The Labute approximate surface area is 147 Å². The van der Waals surface area contributed by atoms with Gasteiger partial charge >= 0.3 is 0 Å². The number of hydrogen-bond acceptors (Lipinski definition) is 7. The second kappa shape index (κ2) is 5.22. The van der Waals surface area contributed by atoms with E-state index in [0.717, 1.165) is 25.7 Å². The minimum Gasteiger partial charge on any atom is -0.390 e. The summed E-state index contributed by atoms with van der Waals surface area (Å²) in [5, 5.41) is 18.8. The summed E-state index contributed by atoms with van der Waals surface area (Å²) in [5.41, 5.74) is 0.822. The minimum atomic E-state index is -0.619. The summed E-state index contributed by atoms with van der Waals surface area (Å²) in [6, 6.07) is -0.239. The fraction of sp³-hybridized carbons (Fsp3) is 0.714. The molecular formula is C14H15Cl2N5O3. The smallest absolute Gasteiger partial charge is 0.225 e. The summed E-state index contributed by atoms with van der Waals surface area (Å²) in [6.45, 7) is 0. The van der Waals surface area contributed by atoms with Gasteiger partial charge in [0.2, 0.25) is 5.28 Å². The third kappa shape index (κ3) is 2.10. The number of aliphatic hydroxyl groups is 1. The van der Waals surface area contributed by atoms with Gasteiger partial charge in [-0.05, 0) is 24.4 Å². The van der Waals surface area contributed by atoms with Gasteiger partial charge in [-0.1, -0.05) is 16.8 Å². The molecule has 24 heavy (non-hydrogen) atoms. The quantitative estimate of drug-likeness (QED) is 0.603. The van der Waals surface area contributed by atoms with Gasteiger partial charge in [-0.2, -0.15) is 4.98 Å². The van der Waals surface area contributed by atoms with E-state index in [9.17, 15) is 5.11 Å². The van der Waals surface area contributed by atoms with Crippen LogP contribution < -0.4 is 0 Å². The Balaban J connectivity index is 1.55. The molecule has 2 aromatic rings. The molecule has 2 saturated carbocycles. The molecule has 128 valence electrons. The number of fused-ring (bicyclic) bond motifs is 2. The van der Waals surface area contributed by atoms with Crippen LogP contribution in [0.4, 0.5) is 0 Å². The Morgan fingerprint density at radius 3 is 2.67 bits per heavy atom. The number of rotatable bonds is 1. The maximum Gasteiger partial charge on any atom is 0.225 e. The van der Waals surface area contributed by atoms with Gasteiger partial charge < -0.3 is 14.6 Å². The SMILES string of the molecule is O[C@H]1C[C@@H](n2nnc3c(Cl)nc(Cl)nc32)[C@@H]2OC3(CCCC3)O[C@@H]21. The van der Waals surface area contributed by atoms with Crippen molar-refractivity contribution in [3.8, 4) is 0 Å². The standard InChI is InChI=1S/C14H15Cl2N5O3/c15-11-8-12(18-13(16)17-11)21(20-19-8)6-5-7(22)10-9(6)23-14(24-10)3-1-2-4-14/h6-7,9-10,22H,1-5H2/t6-,7+,9+,10-/m1/s1. The molecule has 1 aliphatic heterocycles. The molecule has 0 bridgehead atoms. The Morgan fingerprint density at radius 2 is 1.88 bits per heavy atom. The minimum absolute atomic E-state index is 0.0296. The monoisotopic (exact) mass is 371 g/mol. The van der Waals surface area contributed by atoms with Crippen molar-refractivity contribution < 1.29 is 14.6 Å². The summed E-state index contributed by atoms with van der Waals surface area (Å²) in [6.07, 6.45) is 3.04. The van der Waals surface area contributed by atoms with Crippen LogP contribution in [0.1, 0.15) is 38.1 Å². The molecule has 10 heteroatoms. The Bertz CT molecular complexity index is 809. The van der Waals surface area contributed by atoms with Crippen molar-refractivity contribution in [2.45, 2.75) is 62.2 Å². The average Bonchev–Trinajstić information content (AvgIpc) is 3.28. The van der Waals surface area contributed by atoms with E-state index in [2.05, 4.69) is 20.3 Å². The molecule has 0 unspecified atom stereocenters. The number of aromatic nitrogens is 5. The lowest BCUT2D eigenvalue weighted by molar-refractivity contribution is -0.186. The van der Waals surface area contributed by atoms with Gasteiger partial charge in [0.05, 0.1) is 12.1 Å². The molecule has 4 atom stereocenters. The van der Waals surface area contributed by atoms with Crippen LogP contribution in [0.15, 0.2) is 0 Å². The van der Waals surface area contributed by atoms with Crippen LogP contribution in [-0.4, -0.2) is 54.2 Å². The maximum absolute atomic E-state index is 10.4. The lowest BCUT2D eigenvalue weighted by Gasteiger charge is -2.25. The Kier molecular flexibility index (Phi) is 3.31. The molecule has 3 heterocycles. The van der Waals surface area contributed by atoms with Crippen molar-refractivity contribution >= 4 is 34.4 Å². The van der Waals surface area contributed by atoms with Gasteiger partial charge in [0.1, 0.15) is 12.2 Å². The normalized spacial score (nSPS) is 34.5. The molecular weight excluding hydrogens is 357 g/mol.